The number of para-hydroxylation sites is 1. The molecule has 0 aliphatic rings. The van der Waals surface area contributed by atoms with Gasteiger partial charge in [-0.1, -0.05) is 18.2 Å². The van der Waals surface area contributed by atoms with Crippen LogP contribution >= 0.6 is 0 Å². The first-order valence-electron chi connectivity index (χ1n) is 7.83. The number of nitro groups is 1. The molecule has 0 saturated heterocycles. The fraction of sp³-hybridized carbons (Fsp3) is 0.222. The molecule has 26 heavy (non-hydrogen) atoms. The van der Waals surface area contributed by atoms with Crippen molar-refractivity contribution >= 4 is 17.5 Å². The van der Waals surface area contributed by atoms with Crippen LogP contribution in [0.25, 0.3) is 0 Å². The standard InChI is InChI=1S/C18H19N3O5/c1-11-7-8-14(9-13(11)3)26-10-16(22)19-20-18(23)15-6-4-5-12(2)17(15)21(24)25/h4-9H,10H2,1-3H3,(H,19,22)(H,20,23). The van der Waals surface area contributed by atoms with E-state index in [0.29, 0.717) is 11.3 Å². The number of carbonyl (C=O) groups excluding carboxylic acids is 2. The lowest BCUT2D eigenvalue weighted by Crippen LogP contribution is -2.44. The number of hydrogen-bond donors (Lipinski definition) is 2. The van der Waals surface area contributed by atoms with Gasteiger partial charge in [-0.15, -0.1) is 0 Å². The van der Waals surface area contributed by atoms with E-state index >= 15 is 0 Å². The SMILES string of the molecule is Cc1ccc(OCC(=O)NNC(=O)c2cccc(C)c2[N+](=O)[O-])cc1C. The normalized spacial score (nSPS) is 10.1. The van der Waals surface area contributed by atoms with Gasteiger partial charge in [0.1, 0.15) is 11.3 Å². The maximum Gasteiger partial charge on any atom is 0.285 e. The number of hydrogen-bond acceptors (Lipinski definition) is 5. The van der Waals surface area contributed by atoms with Crippen molar-refractivity contribution in [1.29, 1.82) is 0 Å². The van der Waals surface area contributed by atoms with Crippen LogP contribution in [0, 0.1) is 30.9 Å². The third kappa shape index (κ3) is 4.56. The zero-order chi connectivity index (χ0) is 19.3. The van der Waals surface area contributed by atoms with E-state index in [2.05, 4.69) is 10.9 Å². The Hall–Kier alpha value is -3.42. The summed E-state index contributed by atoms with van der Waals surface area (Å²) in [5, 5.41) is 11.1. The van der Waals surface area contributed by atoms with Gasteiger partial charge in [0.25, 0.3) is 17.5 Å². The fourth-order valence-electron chi connectivity index (χ4n) is 2.27. The predicted octanol–water partition coefficient (Wildman–Crippen LogP) is 2.36. The Morgan fingerprint density at radius 2 is 1.77 bits per heavy atom. The maximum atomic E-state index is 12.1. The monoisotopic (exact) mass is 357 g/mol. The first-order chi connectivity index (χ1) is 12.3. The van der Waals surface area contributed by atoms with Gasteiger partial charge in [0.05, 0.1) is 4.92 Å². The maximum absolute atomic E-state index is 12.1. The summed E-state index contributed by atoms with van der Waals surface area (Å²) in [6.45, 7) is 5.12. The Morgan fingerprint density at radius 3 is 2.42 bits per heavy atom. The second-order valence-electron chi connectivity index (χ2n) is 5.77. The number of carbonyl (C=O) groups is 2. The average molecular weight is 357 g/mol. The molecule has 2 N–H and O–H groups in total. The lowest BCUT2D eigenvalue weighted by atomic mass is 10.1. The summed E-state index contributed by atoms with van der Waals surface area (Å²) >= 11 is 0. The summed E-state index contributed by atoms with van der Waals surface area (Å²) in [6, 6.07) is 9.80. The Labute approximate surface area is 150 Å². The molecule has 0 aromatic heterocycles. The van der Waals surface area contributed by atoms with E-state index in [9.17, 15) is 19.7 Å². The number of nitrogens with one attached hydrogen (secondary N) is 2. The molecule has 8 heteroatoms. The first kappa shape index (κ1) is 18.9. The largest absolute Gasteiger partial charge is 0.484 e. The molecule has 136 valence electrons. The van der Waals surface area contributed by atoms with Crippen LogP contribution < -0.4 is 15.6 Å². The Bertz CT molecular complexity index is 864. The topological polar surface area (TPSA) is 111 Å². The number of aryl methyl sites for hydroxylation is 3. The molecule has 0 unspecified atom stereocenters. The van der Waals surface area contributed by atoms with Crippen LogP contribution in [-0.4, -0.2) is 23.3 Å². The van der Waals surface area contributed by atoms with Crippen LogP contribution in [0.2, 0.25) is 0 Å². The van der Waals surface area contributed by atoms with Crippen molar-refractivity contribution in [3.05, 3.63) is 68.8 Å². The van der Waals surface area contributed by atoms with Crippen LogP contribution in [0.15, 0.2) is 36.4 Å². The number of rotatable bonds is 5. The van der Waals surface area contributed by atoms with Crippen molar-refractivity contribution in [2.75, 3.05) is 6.61 Å². The Kier molecular flexibility index (Phi) is 5.90. The van der Waals surface area contributed by atoms with Crippen LogP contribution in [0.5, 0.6) is 5.75 Å². The van der Waals surface area contributed by atoms with Gasteiger partial charge in [-0.3, -0.25) is 30.6 Å². The highest BCUT2D eigenvalue weighted by Gasteiger charge is 2.22. The van der Waals surface area contributed by atoms with Crippen molar-refractivity contribution in [3.63, 3.8) is 0 Å². The van der Waals surface area contributed by atoms with Crippen LogP contribution in [-0.2, 0) is 4.79 Å². The molecule has 2 aromatic rings. The molecule has 2 rings (SSSR count). The number of nitro benzene ring substituents is 1. The molecule has 8 nitrogen and oxygen atoms in total. The molecule has 0 aliphatic heterocycles. The van der Waals surface area contributed by atoms with E-state index < -0.39 is 16.7 Å². The molecule has 0 spiro atoms. The first-order valence-corrected chi connectivity index (χ1v) is 7.83. The summed E-state index contributed by atoms with van der Waals surface area (Å²) in [7, 11) is 0. The Balaban J connectivity index is 1.93. The smallest absolute Gasteiger partial charge is 0.285 e. The van der Waals surface area contributed by atoms with E-state index in [4.69, 9.17) is 4.74 Å². The summed E-state index contributed by atoms with van der Waals surface area (Å²) in [5.74, 6) is -0.837. The van der Waals surface area contributed by atoms with Crippen LogP contribution in [0.1, 0.15) is 27.0 Å². The molecule has 0 aliphatic carbocycles. The number of nitrogens with zero attached hydrogens (tertiary/aromatic N) is 1. The molecule has 0 radical (unpaired) electrons. The van der Waals surface area contributed by atoms with E-state index in [-0.39, 0.29) is 17.9 Å². The van der Waals surface area contributed by atoms with Gasteiger partial charge in [0, 0.05) is 5.56 Å². The average Bonchev–Trinajstić information content (AvgIpc) is 2.60. The zero-order valence-corrected chi connectivity index (χ0v) is 14.7. The van der Waals surface area contributed by atoms with Crippen molar-refractivity contribution in [1.82, 2.24) is 10.9 Å². The fourth-order valence-corrected chi connectivity index (χ4v) is 2.27. The number of hydrazine groups is 1. The predicted molar refractivity (Wildman–Crippen MR) is 94.9 cm³/mol. The lowest BCUT2D eigenvalue weighted by Gasteiger charge is -2.10. The van der Waals surface area contributed by atoms with Gasteiger partial charge in [-0.25, -0.2) is 0 Å². The molecule has 0 fully saturated rings. The van der Waals surface area contributed by atoms with Gasteiger partial charge in [-0.2, -0.15) is 0 Å². The summed E-state index contributed by atoms with van der Waals surface area (Å²) in [6.07, 6.45) is 0. The number of ether oxygens (including phenoxy) is 1. The summed E-state index contributed by atoms with van der Waals surface area (Å²) < 4.78 is 5.35. The van der Waals surface area contributed by atoms with Gasteiger partial charge in [-0.05, 0) is 50.1 Å². The van der Waals surface area contributed by atoms with E-state index in [1.807, 2.05) is 19.9 Å². The molecular weight excluding hydrogens is 338 g/mol. The van der Waals surface area contributed by atoms with Gasteiger partial charge >= 0.3 is 0 Å². The second-order valence-corrected chi connectivity index (χ2v) is 5.77. The van der Waals surface area contributed by atoms with E-state index in [0.717, 1.165) is 11.1 Å². The highest BCUT2D eigenvalue weighted by molar-refractivity contribution is 5.99. The third-order valence-corrected chi connectivity index (χ3v) is 3.83. The molecular formula is C18H19N3O5. The highest BCUT2D eigenvalue weighted by Crippen LogP contribution is 2.22. The van der Waals surface area contributed by atoms with Crippen molar-refractivity contribution in [2.45, 2.75) is 20.8 Å². The minimum Gasteiger partial charge on any atom is -0.484 e. The number of amides is 2. The third-order valence-electron chi connectivity index (χ3n) is 3.83. The Morgan fingerprint density at radius 1 is 1.04 bits per heavy atom. The van der Waals surface area contributed by atoms with Crippen molar-refractivity contribution < 1.29 is 19.2 Å². The summed E-state index contributed by atoms with van der Waals surface area (Å²) in [5.41, 5.74) is 6.39. The zero-order valence-electron chi connectivity index (χ0n) is 14.7. The molecule has 2 aromatic carbocycles. The second kappa shape index (κ2) is 8.11. The van der Waals surface area contributed by atoms with Gasteiger partial charge in [0.15, 0.2) is 6.61 Å². The molecule has 2 amide bonds. The van der Waals surface area contributed by atoms with Gasteiger partial charge in [0.2, 0.25) is 0 Å². The minimum atomic E-state index is -0.778. The highest BCUT2D eigenvalue weighted by atomic mass is 16.6. The lowest BCUT2D eigenvalue weighted by molar-refractivity contribution is -0.385. The van der Waals surface area contributed by atoms with Gasteiger partial charge < -0.3 is 4.74 Å². The molecule has 0 atom stereocenters. The van der Waals surface area contributed by atoms with Crippen molar-refractivity contribution in [3.8, 4) is 5.75 Å². The molecule has 0 heterocycles. The van der Waals surface area contributed by atoms with Crippen LogP contribution in [0.3, 0.4) is 0 Å². The van der Waals surface area contributed by atoms with Crippen molar-refractivity contribution in [2.24, 2.45) is 0 Å². The van der Waals surface area contributed by atoms with E-state index in [1.165, 1.54) is 25.1 Å². The molecule has 0 bridgehead atoms. The summed E-state index contributed by atoms with van der Waals surface area (Å²) in [4.78, 5) is 34.4. The van der Waals surface area contributed by atoms with Crippen LogP contribution in [0.4, 0.5) is 5.69 Å². The quantitative estimate of drug-likeness (QED) is 0.630. The van der Waals surface area contributed by atoms with E-state index in [1.54, 1.807) is 12.1 Å². The minimum absolute atomic E-state index is 0.134. The molecule has 0 saturated carbocycles. The number of benzene rings is 2.